The van der Waals surface area contributed by atoms with E-state index in [-0.39, 0.29) is 29.1 Å². The smallest absolute Gasteiger partial charge is 0.352 e. The summed E-state index contributed by atoms with van der Waals surface area (Å²) in [4.78, 5) is 28.5. The maximum Gasteiger partial charge on any atom is 0.416 e. The van der Waals surface area contributed by atoms with Crippen molar-refractivity contribution in [3.63, 3.8) is 0 Å². The van der Waals surface area contributed by atoms with Crippen LogP contribution in [0.3, 0.4) is 0 Å². The third kappa shape index (κ3) is 8.41. The van der Waals surface area contributed by atoms with Crippen molar-refractivity contribution in [1.82, 2.24) is 10.2 Å². The van der Waals surface area contributed by atoms with Gasteiger partial charge in [0, 0.05) is 17.1 Å². The van der Waals surface area contributed by atoms with Gasteiger partial charge in [-0.25, -0.2) is 8.42 Å². The normalized spacial score (nSPS) is 15.0. The first-order valence-electron chi connectivity index (χ1n) is 14.4. The zero-order valence-electron chi connectivity index (χ0n) is 24.5. The van der Waals surface area contributed by atoms with Crippen molar-refractivity contribution in [2.24, 2.45) is 0 Å². The molecule has 2 amide bonds. The molecule has 44 heavy (non-hydrogen) atoms. The average molecular weight is 695 g/mol. The molecule has 1 aliphatic rings. The van der Waals surface area contributed by atoms with Crippen LogP contribution in [0, 0.1) is 6.92 Å². The molecule has 12 heteroatoms. The highest BCUT2D eigenvalue weighted by Crippen LogP contribution is 2.33. The lowest BCUT2D eigenvalue weighted by molar-refractivity contribution is -0.139. The number of hydrogen-bond donors (Lipinski definition) is 1. The zero-order chi connectivity index (χ0) is 32.1. The zero-order valence-corrected chi connectivity index (χ0v) is 26.9. The lowest BCUT2D eigenvalue weighted by Crippen LogP contribution is -2.53. The number of carbonyl (C=O) groups is 2. The molecule has 3 aromatic carbocycles. The van der Waals surface area contributed by atoms with Crippen LogP contribution in [0.1, 0.15) is 55.7 Å². The summed E-state index contributed by atoms with van der Waals surface area (Å²) in [5.74, 6) is -1.12. The standard InChI is InChI=1S/C32H35BrF3N3O4S/c1-22-11-17-29(18-12-22)44(42,43)39(28-10-6-7-25(19-28)32(34,35)36)21-30(40)38(20-24-13-15-26(33)16-14-24)23(2)31(41)37-27-8-4-3-5-9-27/h6-7,10-19,23,27H,3-5,8-9,20-21H2,1-2H3,(H,37,41). The topological polar surface area (TPSA) is 86.8 Å². The Hall–Kier alpha value is -3.38. The van der Waals surface area contributed by atoms with Gasteiger partial charge in [-0.3, -0.25) is 13.9 Å². The lowest BCUT2D eigenvalue weighted by atomic mass is 9.95. The van der Waals surface area contributed by atoms with E-state index in [1.54, 1.807) is 50.2 Å². The van der Waals surface area contributed by atoms with E-state index in [0.717, 1.165) is 54.3 Å². The van der Waals surface area contributed by atoms with Crippen molar-refractivity contribution in [3.05, 3.63) is 94.0 Å². The van der Waals surface area contributed by atoms with Gasteiger partial charge in [0.05, 0.1) is 16.1 Å². The van der Waals surface area contributed by atoms with Crippen LogP contribution in [0.15, 0.2) is 82.2 Å². The van der Waals surface area contributed by atoms with Crippen LogP contribution >= 0.6 is 15.9 Å². The largest absolute Gasteiger partial charge is 0.416 e. The molecule has 1 saturated carbocycles. The van der Waals surface area contributed by atoms with Crippen LogP contribution in [0.5, 0.6) is 0 Å². The van der Waals surface area contributed by atoms with Gasteiger partial charge in [-0.1, -0.05) is 71.1 Å². The summed E-state index contributed by atoms with van der Waals surface area (Å²) in [6.45, 7) is 2.49. The number of hydrogen-bond acceptors (Lipinski definition) is 4. The quantitative estimate of drug-likeness (QED) is 0.252. The SMILES string of the molecule is Cc1ccc(S(=O)(=O)N(CC(=O)N(Cc2ccc(Br)cc2)C(C)C(=O)NC2CCCCC2)c2cccc(C(F)(F)F)c2)cc1. The Labute approximate surface area is 264 Å². The Bertz CT molecular complexity index is 1560. The summed E-state index contributed by atoms with van der Waals surface area (Å²) in [5.41, 5.74) is 0.0881. The fourth-order valence-electron chi connectivity index (χ4n) is 5.14. The highest BCUT2D eigenvalue weighted by molar-refractivity contribution is 9.10. The van der Waals surface area contributed by atoms with Gasteiger partial charge >= 0.3 is 6.18 Å². The molecule has 0 saturated heterocycles. The lowest BCUT2D eigenvalue weighted by Gasteiger charge is -2.33. The molecular weight excluding hydrogens is 659 g/mol. The number of carbonyl (C=O) groups excluding carboxylic acids is 2. The fraction of sp³-hybridized carbons (Fsp3) is 0.375. The van der Waals surface area contributed by atoms with Crippen LogP contribution in [0.4, 0.5) is 18.9 Å². The molecule has 1 atom stereocenters. The predicted octanol–water partition coefficient (Wildman–Crippen LogP) is 6.84. The highest BCUT2D eigenvalue weighted by atomic mass is 79.9. The van der Waals surface area contributed by atoms with Crippen molar-refractivity contribution >= 4 is 43.5 Å². The van der Waals surface area contributed by atoms with E-state index in [1.165, 1.54) is 23.1 Å². The van der Waals surface area contributed by atoms with E-state index >= 15 is 0 Å². The number of anilines is 1. The number of amides is 2. The predicted molar refractivity (Wildman–Crippen MR) is 166 cm³/mol. The van der Waals surface area contributed by atoms with Gasteiger partial charge in [-0.15, -0.1) is 0 Å². The van der Waals surface area contributed by atoms with E-state index in [1.807, 2.05) is 0 Å². The minimum Gasteiger partial charge on any atom is -0.352 e. The third-order valence-corrected chi connectivity index (χ3v) is 10.1. The van der Waals surface area contributed by atoms with Crippen molar-refractivity contribution in [2.45, 2.75) is 75.7 Å². The van der Waals surface area contributed by atoms with Crippen LogP contribution in [0.25, 0.3) is 0 Å². The Balaban J connectivity index is 1.72. The third-order valence-electron chi connectivity index (χ3n) is 7.73. The number of alkyl halides is 3. The van der Waals surface area contributed by atoms with Gasteiger partial charge in [-0.05, 0) is 74.7 Å². The molecule has 1 fully saturated rings. The molecule has 0 spiro atoms. The molecule has 3 aromatic rings. The minimum atomic E-state index is -4.74. The monoisotopic (exact) mass is 693 g/mol. The number of rotatable bonds is 10. The molecule has 236 valence electrons. The van der Waals surface area contributed by atoms with Crippen molar-refractivity contribution < 1.29 is 31.2 Å². The van der Waals surface area contributed by atoms with E-state index in [9.17, 15) is 31.2 Å². The van der Waals surface area contributed by atoms with E-state index < -0.39 is 40.3 Å². The first-order chi connectivity index (χ1) is 20.8. The number of halogens is 4. The van der Waals surface area contributed by atoms with Gasteiger partial charge in [0.1, 0.15) is 12.6 Å². The summed E-state index contributed by atoms with van der Waals surface area (Å²) in [7, 11) is -4.50. The minimum absolute atomic E-state index is 0.0214. The molecule has 1 unspecified atom stereocenters. The molecule has 0 bridgehead atoms. The molecule has 1 N–H and O–H groups in total. The Morgan fingerprint density at radius 1 is 0.977 bits per heavy atom. The first kappa shape index (κ1) is 33.5. The summed E-state index contributed by atoms with van der Waals surface area (Å²) in [6, 6.07) is 15.8. The van der Waals surface area contributed by atoms with Crippen molar-refractivity contribution in [1.29, 1.82) is 0 Å². The highest BCUT2D eigenvalue weighted by Gasteiger charge is 2.35. The van der Waals surface area contributed by atoms with Crippen molar-refractivity contribution in [2.75, 3.05) is 10.8 Å². The Kier molecular flexibility index (Phi) is 10.8. The molecule has 0 heterocycles. The Morgan fingerprint density at radius 2 is 1.61 bits per heavy atom. The van der Waals surface area contributed by atoms with Gasteiger partial charge in [0.2, 0.25) is 11.8 Å². The van der Waals surface area contributed by atoms with Crippen LogP contribution in [-0.2, 0) is 32.3 Å². The molecule has 7 nitrogen and oxygen atoms in total. The molecule has 0 aliphatic heterocycles. The Morgan fingerprint density at radius 3 is 2.23 bits per heavy atom. The summed E-state index contributed by atoms with van der Waals surface area (Å²) in [6.07, 6.45) is -0.00256. The second-order valence-electron chi connectivity index (χ2n) is 11.0. The molecule has 0 aromatic heterocycles. The second kappa shape index (κ2) is 14.2. The van der Waals surface area contributed by atoms with Gasteiger partial charge < -0.3 is 10.2 Å². The van der Waals surface area contributed by atoms with Crippen LogP contribution in [0.2, 0.25) is 0 Å². The molecule has 1 aliphatic carbocycles. The number of nitrogens with zero attached hydrogens (tertiary/aromatic N) is 2. The summed E-state index contributed by atoms with van der Waals surface area (Å²) in [5, 5.41) is 3.02. The molecule has 4 rings (SSSR count). The van der Waals surface area contributed by atoms with Gasteiger partial charge in [0.25, 0.3) is 10.0 Å². The van der Waals surface area contributed by atoms with Gasteiger partial charge in [0.15, 0.2) is 0 Å². The first-order valence-corrected chi connectivity index (χ1v) is 16.6. The number of aryl methyl sites for hydroxylation is 1. The molecule has 0 radical (unpaired) electrons. The van der Waals surface area contributed by atoms with E-state index in [2.05, 4.69) is 21.2 Å². The number of sulfonamides is 1. The molecular formula is C32H35BrF3N3O4S. The maximum atomic E-state index is 14.1. The summed E-state index contributed by atoms with van der Waals surface area (Å²) < 4.78 is 70.3. The van der Waals surface area contributed by atoms with E-state index in [0.29, 0.717) is 15.9 Å². The fourth-order valence-corrected chi connectivity index (χ4v) is 6.81. The van der Waals surface area contributed by atoms with Gasteiger partial charge in [-0.2, -0.15) is 13.2 Å². The van der Waals surface area contributed by atoms with Crippen LogP contribution in [-0.4, -0.2) is 43.8 Å². The number of nitrogens with one attached hydrogen (secondary N) is 1. The number of benzene rings is 3. The van der Waals surface area contributed by atoms with E-state index in [4.69, 9.17) is 0 Å². The maximum absolute atomic E-state index is 14.1. The van der Waals surface area contributed by atoms with Crippen molar-refractivity contribution in [3.8, 4) is 0 Å². The summed E-state index contributed by atoms with van der Waals surface area (Å²) >= 11 is 3.38. The second-order valence-corrected chi connectivity index (χ2v) is 13.8. The average Bonchev–Trinajstić information content (AvgIpc) is 2.99. The van der Waals surface area contributed by atoms with Crippen LogP contribution < -0.4 is 9.62 Å².